The average molecular weight is 247 g/mol. The lowest BCUT2D eigenvalue weighted by atomic mass is 9.91. The summed E-state index contributed by atoms with van der Waals surface area (Å²) in [5, 5.41) is 1.24. The Morgan fingerprint density at radius 1 is 1.31 bits per heavy atom. The molecule has 0 radical (unpaired) electrons. The Morgan fingerprint density at radius 3 is 2.00 bits per heavy atom. The molecule has 16 heavy (non-hydrogen) atoms. The van der Waals surface area contributed by atoms with Crippen molar-refractivity contribution in [1.29, 1.82) is 0 Å². The van der Waals surface area contributed by atoms with Gasteiger partial charge in [0.05, 0.1) is 7.11 Å². The fourth-order valence-electron chi connectivity index (χ4n) is 1.44. The third kappa shape index (κ3) is 3.88. The van der Waals surface area contributed by atoms with Crippen molar-refractivity contribution in [3.63, 3.8) is 0 Å². The van der Waals surface area contributed by atoms with E-state index in [1.807, 2.05) is 20.8 Å². The molecule has 96 valence electrons. The normalized spacial score (nSPS) is 16.1. The number of nitrogens with zero attached hydrogens (tertiary/aromatic N) is 1. The minimum atomic E-state index is -1.78. The van der Waals surface area contributed by atoms with E-state index in [1.54, 1.807) is 7.05 Å². The van der Waals surface area contributed by atoms with Crippen LogP contribution in [-0.2, 0) is 14.1 Å². The van der Waals surface area contributed by atoms with E-state index in [9.17, 15) is 4.79 Å². The molecule has 0 saturated heterocycles. The first kappa shape index (κ1) is 15.6. The highest BCUT2D eigenvalue weighted by Gasteiger charge is 2.43. The van der Waals surface area contributed by atoms with Gasteiger partial charge < -0.3 is 4.43 Å². The van der Waals surface area contributed by atoms with E-state index < -0.39 is 13.9 Å². The van der Waals surface area contributed by atoms with Crippen LogP contribution in [0.1, 0.15) is 20.8 Å². The minimum absolute atomic E-state index is 0.101. The summed E-state index contributed by atoms with van der Waals surface area (Å²) >= 11 is 0. The van der Waals surface area contributed by atoms with Gasteiger partial charge in [0.2, 0.25) is 0 Å². The summed E-state index contributed by atoms with van der Waals surface area (Å²) in [6, 6.07) is 0. The van der Waals surface area contributed by atoms with Crippen LogP contribution in [-0.4, -0.2) is 39.0 Å². The van der Waals surface area contributed by atoms with Crippen LogP contribution in [0.25, 0.3) is 0 Å². The van der Waals surface area contributed by atoms with Gasteiger partial charge in [0.15, 0.2) is 8.32 Å². The first-order valence-electron chi connectivity index (χ1n) is 5.57. The molecule has 0 aromatic rings. The number of hydrogen-bond donors (Lipinski definition) is 0. The lowest BCUT2D eigenvalue weighted by Crippen LogP contribution is -2.54. The van der Waals surface area contributed by atoms with Crippen molar-refractivity contribution >= 4 is 14.2 Å². The van der Waals surface area contributed by atoms with Gasteiger partial charge in [-0.15, -0.1) is 0 Å². The Bertz CT molecular complexity index is 250. The third-order valence-electron chi connectivity index (χ3n) is 2.60. The molecule has 0 aliphatic carbocycles. The maximum Gasteiger partial charge on any atom is 0.276 e. The molecule has 0 spiro atoms. The molecule has 4 nitrogen and oxygen atoms in total. The minimum Gasteiger partial charge on any atom is -0.403 e. The van der Waals surface area contributed by atoms with Gasteiger partial charge in [0.25, 0.3) is 5.91 Å². The van der Waals surface area contributed by atoms with Crippen LogP contribution in [0.15, 0.2) is 0 Å². The highest BCUT2D eigenvalue weighted by molar-refractivity contribution is 6.70. The summed E-state index contributed by atoms with van der Waals surface area (Å²) in [6.07, 6.45) is 0. The van der Waals surface area contributed by atoms with E-state index in [2.05, 4.69) is 19.6 Å². The average Bonchev–Trinajstić information content (AvgIpc) is 2.12. The Labute approximate surface area is 100.0 Å². The summed E-state index contributed by atoms with van der Waals surface area (Å²) in [5.41, 5.74) is -0.810. The van der Waals surface area contributed by atoms with Gasteiger partial charge in [0, 0.05) is 7.05 Å². The van der Waals surface area contributed by atoms with Crippen LogP contribution < -0.4 is 0 Å². The van der Waals surface area contributed by atoms with E-state index >= 15 is 0 Å². The molecule has 5 heteroatoms. The number of rotatable bonds is 5. The molecule has 0 heterocycles. The number of hydroxylamine groups is 2. The van der Waals surface area contributed by atoms with Gasteiger partial charge in [-0.3, -0.25) is 9.63 Å². The van der Waals surface area contributed by atoms with E-state index in [1.165, 1.54) is 12.2 Å². The molecule has 0 rings (SSSR count). The summed E-state index contributed by atoms with van der Waals surface area (Å²) in [7, 11) is 1.31. The predicted molar refractivity (Wildman–Crippen MR) is 67.5 cm³/mol. The number of carbonyl (C=O) groups excluding carboxylic acids is 1. The zero-order valence-electron chi connectivity index (χ0n) is 11.7. The van der Waals surface area contributed by atoms with Gasteiger partial charge in [-0.05, 0) is 32.5 Å². The fourth-order valence-corrected chi connectivity index (χ4v) is 3.04. The Balaban J connectivity index is 5.04. The molecular weight excluding hydrogens is 222 g/mol. The van der Waals surface area contributed by atoms with Crippen LogP contribution in [0, 0.1) is 5.92 Å². The second-order valence-electron chi connectivity index (χ2n) is 5.46. The Hall–Kier alpha value is -0.393. The van der Waals surface area contributed by atoms with Gasteiger partial charge in [-0.1, -0.05) is 13.8 Å². The van der Waals surface area contributed by atoms with Crippen LogP contribution in [0.3, 0.4) is 0 Å². The molecule has 0 unspecified atom stereocenters. The number of carbonyl (C=O) groups is 1. The molecule has 0 fully saturated rings. The van der Waals surface area contributed by atoms with E-state index in [0.29, 0.717) is 0 Å². The van der Waals surface area contributed by atoms with Crippen LogP contribution in [0.4, 0.5) is 0 Å². The summed E-state index contributed by atoms with van der Waals surface area (Å²) in [6.45, 7) is 12.0. The first-order chi connectivity index (χ1) is 7.04. The first-order valence-corrected chi connectivity index (χ1v) is 8.98. The molecule has 0 aromatic carbocycles. The zero-order valence-corrected chi connectivity index (χ0v) is 12.7. The smallest absolute Gasteiger partial charge is 0.276 e. The van der Waals surface area contributed by atoms with E-state index in [4.69, 9.17) is 9.26 Å². The standard InChI is InChI=1S/C11H25NO3Si/c1-9(2)11(3,15-16(6,7)8)10(13)12(4)14-5/h9H,1-8H3/t11-/m0/s1. The molecule has 0 aromatic heterocycles. The van der Waals surface area contributed by atoms with Crippen molar-refractivity contribution in [2.24, 2.45) is 5.92 Å². The highest BCUT2D eigenvalue weighted by atomic mass is 28.4. The lowest BCUT2D eigenvalue weighted by Gasteiger charge is -2.39. The van der Waals surface area contributed by atoms with Crippen molar-refractivity contribution in [3.8, 4) is 0 Å². The van der Waals surface area contributed by atoms with Crippen molar-refractivity contribution in [3.05, 3.63) is 0 Å². The molecular formula is C11H25NO3Si. The molecule has 0 aliphatic heterocycles. The molecule has 1 atom stereocenters. The van der Waals surface area contributed by atoms with Crippen LogP contribution in [0.2, 0.25) is 19.6 Å². The van der Waals surface area contributed by atoms with Gasteiger partial charge in [-0.25, -0.2) is 5.06 Å². The third-order valence-corrected chi connectivity index (χ3v) is 3.64. The Kier molecular flexibility index (Phi) is 5.16. The molecule has 0 saturated carbocycles. The molecule has 0 N–H and O–H groups in total. The van der Waals surface area contributed by atoms with Crippen molar-refractivity contribution < 1.29 is 14.1 Å². The van der Waals surface area contributed by atoms with E-state index in [0.717, 1.165) is 0 Å². The number of hydrogen-bond acceptors (Lipinski definition) is 3. The Morgan fingerprint density at radius 2 is 1.75 bits per heavy atom. The second kappa shape index (κ2) is 5.29. The van der Waals surface area contributed by atoms with Crippen LogP contribution >= 0.6 is 0 Å². The molecule has 0 bridgehead atoms. The topological polar surface area (TPSA) is 38.8 Å². The number of likely N-dealkylation sites (N-methyl/N-ethyl adjacent to an activating group) is 1. The summed E-state index contributed by atoms with van der Waals surface area (Å²) < 4.78 is 6.04. The van der Waals surface area contributed by atoms with Crippen molar-refractivity contribution in [2.45, 2.75) is 46.0 Å². The highest BCUT2D eigenvalue weighted by Crippen LogP contribution is 2.28. The molecule has 1 amide bonds. The maximum atomic E-state index is 12.2. The van der Waals surface area contributed by atoms with Crippen LogP contribution in [0.5, 0.6) is 0 Å². The maximum absolute atomic E-state index is 12.2. The monoisotopic (exact) mass is 247 g/mol. The quantitative estimate of drug-likeness (QED) is 0.552. The molecule has 0 aliphatic rings. The fraction of sp³-hybridized carbons (Fsp3) is 0.909. The van der Waals surface area contributed by atoms with Gasteiger partial charge >= 0.3 is 0 Å². The SMILES string of the molecule is CON(C)C(=O)[C@@](C)(O[Si](C)(C)C)C(C)C. The zero-order chi connectivity index (χ0) is 13.1. The predicted octanol–water partition coefficient (Wildman–Crippen LogP) is 2.27. The largest absolute Gasteiger partial charge is 0.403 e. The van der Waals surface area contributed by atoms with Gasteiger partial charge in [-0.2, -0.15) is 0 Å². The van der Waals surface area contributed by atoms with Crippen molar-refractivity contribution in [1.82, 2.24) is 5.06 Å². The lowest BCUT2D eigenvalue weighted by molar-refractivity contribution is -0.188. The second-order valence-corrected chi connectivity index (χ2v) is 9.89. The van der Waals surface area contributed by atoms with Gasteiger partial charge in [0.1, 0.15) is 5.60 Å². The van der Waals surface area contributed by atoms with E-state index in [-0.39, 0.29) is 11.8 Å². The summed E-state index contributed by atoms with van der Waals surface area (Å²) in [5.74, 6) is -0.0308. The number of amides is 1. The summed E-state index contributed by atoms with van der Waals surface area (Å²) in [4.78, 5) is 17.2. The van der Waals surface area contributed by atoms with Crippen molar-refractivity contribution in [2.75, 3.05) is 14.2 Å².